The zero-order valence-corrected chi connectivity index (χ0v) is 11.6. The van der Waals surface area contributed by atoms with Crippen LogP contribution in [0.15, 0.2) is 0 Å². The highest BCUT2D eigenvalue weighted by Gasteiger charge is 2.36. The van der Waals surface area contributed by atoms with Crippen molar-refractivity contribution in [3.8, 4) is 0 Å². The molecule has 2 heteroatoms. The fourth-order valence-corrected chi connectivity index (χ4v) is 2.47. The number of nitrogens with two attached hydrogens (primary N) is 1. The summed E-state index contributed by atoms with van der Waals surface area (Å²) in [6, 6.07) is 0. The van der Waals surface area contributed by atoms with Gasteiger partial charge in [0, 0.05) is 6.54 Å². The molecule has 0 spiro atoms. The molecular weight excluding hydrogens is 210 g/mol. The predicted octanol–water partition coefficient (Wildman–Crippen LogP) is 4.02. The Morgan fingerprint density at radius 1 is 0.765 bits per heavy atom. The minimum absolute atomic E-state index is 0.397. The molecule has 102 valence electrons. The average molecular weight is 241 g/mol. The molecule has 1 aliphatic heterocycles. The van der Waals surface area contributed by atoms with Gasteiger partial charge in [-0.3, -0.25) is 0 Å². The van der Waals surface area contributed by atoms with Gasteiger partial charge >= 0.3 is 0 Å². The van der Waals surface area contributed by atoms with Crippen LogP contribution in [0.5, 0.6) is 0 Å². The second-order valence-corrected chi connectivity index (χ2v) is 5.42. The van der Waals surface area contributed by atoms with Crippen LogP contribution < -0.4 is 5.73 Å². The molecule has 0 aromatic carbocycles. The van der Waals surface area contributed by atoms with E-state index in [1.807, 2.05) is 0 Å². The maximum absolute atomic E-state index is 5.52. The molecule has 1 fully saturated rings. The summed E-state index contributed by atoms with van der Waals surface area (Å²) in [6.45, 7) is 2.99. The number of ether oxygens (including phenoxy) is 1. The van der Waals surface area contributed by atoms with Crippen molar-refractivity contribution in [2.45, 2.75) is 89.8 Å². The summed E-state index contributed by atoms with van der Waals surface area (Å²) in [6.07, 6.45) is 16.2. The van der Waals surface area contributed by atoms with Gasteiger partial charge in [0.1, 0.15) is 0 Å². The van der Waals surface area contributed by atoms with Gasteiger partial charge in [-0.15, -0.1) is 0 Å². The maximum atomic E-state index is 5.52. The minimum Gasteiger partial charge on any atom is -0.368 e. The van der Waals surface area contributed by atoms with Crippen LogP contribution in [0.3, 0.4) is 0 Å². The Morgan fingerprint density at radius 3 is 1.76 bits per heavy atom. The number of rotatable bonds is 12. The molecule has 0 aliphatic carbocycles. The molecule has 2 nitrogen and oxygen atoms in total. The highest BCUT2D eigenvalue weighted by molar-refractivity contribution is 4.84. The summed E-state index contributed by atoms with van der Waals surface area (Å²) in [5.41, 5.74) is 5.52. The van der Waals surface area contributed by atoms with Crippen molar-refractivity contribution in [3.05, 3.63) is 0 Å². The van der Waals surface area contributed by atoms with Gasteiger partial charge in [-0.05, 0) is 6.42 Å². The molecule has 1 rings (SSSR count). The van der Waals surface area contributed by atoms with Gasteiger partial charge < -0.3 is 10.5 Å². The Kier molecular flexibility index (Phi) is 8.72. The van der Waals surface area contributed by atoms with Gasteiger partial charge in [0.25, 0.3) is 0 Å². The smallest absolute Gasteiger partial charge is 0.0963 e. The van der Waals surface area contributed by atoms with Gasteiger partial charge in [-0.2, -0.15) is 0 Å². The topological polar surface area (TPSA) is 38.5 Å². The lowest BCUT2D eigenvalue weighted by atomic mass is 10.0. The van der Waals surface area contributed by atoms with E-state index in [2.05, 4.69) is 6.92 Å². The third kappa shape index (κ3) is 7.77. The van der Waals surface area contributed by atoms with Crippen molar-refractivity contribution < 1.29 is 4.74 Å². The van der Waals surface area contributed by atoms with Crippen LogP contribution in [0.25, 0.3) is 0 Å². The zero-order chi connectivity index (χ0) is 12.3. The lowest BCUT2D eigenvalue weighted by Crippen LogP contribution is -2.09. The molecule has 0 saturated carbocycles. The number of unbranched alkanes of at least 4 members (excludes halogenated alkanes) is 9. The summed E-state index contributed by atoms with van der Waals surface area (Å²) >= 11 is 0. The van der Waals surface area contributed by atoms with Gasteiger partial charge in [0.05, 0.1) is 12.2 Å². The third-order valence-electron chi connectivity index (χ3n) is 3.76. The monoisotopic (exact) mass is 241 g/mol. The van der Waals surface area contributed by atoms with Gasteiger partial charge in [-0.25, -0.2) is 0 Å². The second kappa shape index (κ2) is 9.90. The SMILES string of the molecule is CCCCCCCCCCCCC1OC1CN. The van der Waals surface area contributed by atoms with Gasteiger partial charge in [0.2, 0.25) is 0 Å². The lowest BCUT2D eigenvalue weighted by molar-refractivity contribution is 0.359. The third-order valence-corrected chi connectivity index (χ3v) is 3.76. The molecular formula is C15H31NO. The Balaban J connectivity index is 1.68. The first-order chi connectivity index (χ1) is 8.38. The largest absolute Gasteiger partial charge is 0.368 e. The highest BCUT2D eigenvalue weighted by Crippen LogP contribution is 2.26. The summed E-state index contributed by atoms with van der Waals surface area (Å²) < 4.78 is 5.42. The van der Waals surface area contributed by atoms with Crippen molar-refractivity contribution >= 4 is 0 Å². The first kappa shape index (κ1) is 15.0. The molecule has 1 aliphatic rings. The van der Waals surface area contributed by atoms with Crippen LogP contribution in [-0.4, -0.2) is 18.8 Å². The quantitative estimate of drug-likeness (QED) is 0.414. The molecule has 2 unspecified atom stereocenters. The van der Waals surface area contributed by atoms with Crippen LogP contribution in [0.1, 0.15) is 77.6 Å². The van der Waals surface area contributed by atoms with Crippen LogP contribution in [-0.2, 0) is 4.74 Å². The minimum atomic E-state index is 0.397. The fraction of sp³-hybridized carbons (Fsp3) is 1.00. The van der Waals surface area contributed by atoms with E-state index in [4.69, 9.17) is 10.5 Å². The van der Waals surface area contributed by atoms with Crippen molar-refractivity contribution in [3.63, 3.8) is 0 Å². The normalized spacial score (nSPS) is 22.9. The Morgan fingerprint density at radius 2 is 1.29 bits per heavy atom. The molecule has 0 aromatic heterocycles. The molecule has 1 heterocycles. The second-order valence-electron chi connectivity index (χ2n) is 5.42. The highest BCUT2D eigenvalue weighted by atomic mass is 16.6. The molecule has 0 amide bonds. The summed E-state index contributed by atoms with van der Waals surface area (Å²) in [5, 5.41) is 0. The molecule has 2 atom stereocenters. The van der Waals surface area contributed by atoms with E-state index in [0.717, 1.165) is 0 Å². The van der Waals surface area contributed by atoms with E-state index in [9.17, 15) is 0 Å². The average Bonchev–Trinajstić information content (AvgIpc) is 3.10. The molecule has 1 saturated heterocycles. The summed E-state index contributed by atoms with van der Waals surface area (Å²) in [7, 11) is 0. The van der Waals surface area contributed by atoms with Gasteiger partial charge in [0.15, 0.2) is 0 Å². The van der Waals surface area contributed by atoms with E-state index in [-0.39, 0.29) is 0 Å². The standard InChI is InChI=1S/C15H31NO/c1-2-3-4-5-6-7-8-9-10-11-12-14-15(13-16)17-14/h14-15H,2-13,16H2,1H3. The number of epoxide rings is 1. The van der Waals surface area contributed by atoms with Crippen molar-refractivity contribution in [2.75, 3.05) is 6.54 Å². The van der Waals surface area contributed by atoms with Crippen LogP contribution in [0.4, 0.5) is 0 Å². The number of hydrogen-bond acceptors (Lipinski definition) is 2. The van der Waals surface area contributed by atoms with Gasteiger partial charge in [-0.1, -0.05) is 71.1 Å². The van der Waals surface area contributed by atoms with Crippen LogP contribution >= 0.6 is 0 Å². The van der Waals surface area contributed by atoms with Crippen molar-refractivity contribution in [1.82, 2.24) is 0 Å². The van der Waals surface area contributed by atoms with Crippen LogP contribution in [0, 0.1) is 0 Å². The lowest BCUT2D eigenvalue weighted by Gasteiger charge is -2.01. The van der Waals surface area contributed by atoms with E-state index in [1.165, 1.54) is 70.6 Å². The predicted molar refractivity (Wildman–Crippen MR) is 74.2 cm³/mol. The fourth-order valence-electron chi connectivity index (χ4n) is 2.47. The van der Waals surface area contributed by atoms with Crippen molar-refractivity contribution in [2.24, 2.45) is 5.73 Å². The van der Waals surface area contributed by atoms with E-state index >= 15 is 0 Å². The molecule has 0 bridgehead atoms. The Hall–Kier alpha value is -0.0800. The van der Waals surface area contributed by atoms with Crippen molar-refractivity contribution in [1.29, 1.82) is 0 Å². The first-order valence-corrected chi connectivity index (χ1v) is 7.74. The summed E-state index contributed by atoms with van der Waals surface area (Å²) in [4.78, 5) is 0. The molecule has 0 aromatic rings. The molecule has 0 radical (unpaired) electrons. The van der Waals surface area contributed by atoms with E-state index in [0.29, 0.717) is 18.8 Å². The first-order valence-electron chi connectivity index (χ1n) is 7.74. The Bertz CT molecular complexity index is 172. The van der Waals surface area contributed by atoms with E-state index < -0.39 is 0 Å². The van der Waals surface area contributed by atoms with Crippen LogP contribution in [0.2, 0.25) is 0 Å². The maximum Gasteiger partial charge on any atom is 0.0963 e. The molecule has 2 N–H and O–H groups in total. The molecule has 17 heavy (non-hydrogen) atoms. The van der Waals surface area contributed by atoms with E-state index in [1.54, 1.807) is 0 Å². The number of hydrogen-bond donors (Lipinski definition) is 1. The Labute approximate surface area is 107 Å². The zero-order valence-electron chi connectivity index (χ0n) is 11.6. The summed E-state index contributed by atoms with van der Waals surface area (Å²) in [5.74, 6) is 0.